The van der Waals surface area contributed by atoms with Crippen molar-refractivity contribution in [2.24, 2.45) is 5.92 Å². The number of hydrogen-bond donors (Lipinski definition) is 1. The highest BCUT2D eigenvalue weighted by atomic mass is 16.6. The number of nitrogens with one attached hydrogen (secondary N) is 1. The van der Waals surface area contributed by atoms with Gasteiger partial charge in [0, 0.05) is 24.7 Å². The van der Waals surface area contributed by atoms with Crippen molar-refractivity contribution in [3.8, 4) is 0 Å². The van der Waals surface area contributed by atoms with Gasteiger partial charge in [0.25, 0.3) is 11.6 Å². The topological polar surface area (TPSA) is 75.5 Å². The molecule has 0 radical (unpaired) electrons. The first kappa shape index (κ1) is 21.6. The third-order valence-corrected chi connectivity index (χ3v) is 6.10. The minimum absolute atomic E-state index is 0.0248. The highest BCUT2D eigenvalue weighted by molar-refractivity contribution is 5.96. The fourth-order valence-corrected chi connectivity index (χ4v) is 4.19. The maximum atomic E-state index is 13.2. The molecule has 32 heavy (non-hydrogen) atoms. The van der Waals surface area contributed by atoms with Gasteiger partial charge in [0.1, 0.15) is 5.69 Å². The van der Waals surface area contributed by atoms with Crippen LogP contribution in [0.3, 0.4) is 0 Å². The second-order valence-electron chi connectivity index (χ2n) is 8.36. The molecule has 0 unspecified atom stereocenters. The third kappa shape index (κ3) is 4.80. The van der Waals surface area contributed by atoms with Gasteiger partial charge in [-0.1, -0.05) is 67.6 Å². The van der Waals surface area contributed by atoms with Crippen LogP contribution in [-0.2, 0) is 0 Å². The lowest BCUT2D eigenvalue weighted by Crippen LogP contribution is -2.33. The number of rotatable bonds is 6. The molecule has 1 heterocycles. The normalized spacial score (nSPS) is 14.4. The fraction of sp³-hybridized carbons (Fsp3) is 0.269. The van der Waals surface area contributed by atoms with E-state index in [1.54, 1.807) is 12.1 Å². The Morgan fingerprint density at radius 1 is 0.969 bits per heavy atom. The quantitative estimate of drug-likeness (QED) is 0.423. The first-order chi connectivity index (χ1) is 15.5. The van der Waals surface area contributed by atoms with Crippen LogP contribution in [0, 0.1) is 16.0 Å². The van der Waals surface area contributed by atoms with E-state index in [4.69, 9.17) is 0 Å². The van der Waals surface area contributed by atoms with Crippen molar-refractivity contribution < 1.29 is 9.72 Å². The van der Waals surface area contributed by atoms with Crippen LogP contribution < -0.4 is 10.2 Å². The molecule has 1 amide bonds. The SMILES string of the molecule is CC1CCN(c2ccc(C(=O)NC(c3ccccc3)c3ccccc3)cc2[N+](=O)[O-])CC1. The minimum Gasteiger partial charge on any atom is -0.366 e. The zero-order chi connectivity index (χ0) is 22.5. The van der Waals surface area contributed by atoms with Crippen LogP contribution >= 0.6 is 0 Å². The summed E-state index contributed by atoms with van der Waals surface area (Å²) >= 11 is 0. The average Bonchev–Trinajstić information content (AvgIpc) is 2.83. The fourth-order valence-electron chi connectivity index (χ4n) is 4.19. The third-order valence-electron chi connectivity index (χ3n) is 6.10. The number of anilines is 1. The van der Waals surface area contributed by atoms with E-state index in [1.807, 2.05) is 60.7 Å². The Balaban J connectivity index is 1.61. The Kier molecular flexibility index (Phi) is 6.50. The lowest BCUT2D eigenvalue weighted by Gasteiger charge is -2.31. The number of piperidine rings is 1. The standard InChI is InChI=1S/C26H27N3O3/c1-19-14-16-28(17-15-19)23-13-12-22(18-24(23)29(31)32)26(30)27-25(20-8-4-2-5-9-20)21-10-6-3-7-11-21/h2-13,18-19,25H,14-17H2,1H3,(H,27,30). The summed E-state index contributed by atoms with van der Waals surface area (Å²) in [6.45, 7) is 3.78. The van der Waals surface area contributed by atoms with Gasteiger partial charge in [-0.2, -0.15) is 0 Å². The zero-order valence-corrected chi connectivity index (χ0v) is 18.1. The highest BCUT2D eigenvalue weighted by Crippen LogP contribution is 2.32. The van der Waals surface area contributed by atoms with Crippen molar-refractivity contribution >= 4 is 17.3 Å². The van der Waals surface area contributed by atoms with Crippen LogP contribution in [0.1, 0.15) is 47.3 Å². The number of nitrogens with zero attached hydrogens (tertiary/aromatic N) is 2. The molecule has 0 aromatic heterocycles. The molecule has 4 rings (SSSR count). The molecule has 1 aliphatic heterocycles. The second-order valence-corrected chi connectivity index (χ2v) is 8.36. The summed E-state index contributed by atoms with van der Waals surface area (Å²) in [5.74, 6) is 0.285. The number of amides is 1. The molecular weight excluding hydrogens is 402 g/mol. The van der Waals surface area contributed by atoms with E-state index in [1.165, 1.54) is 6.07 Å². The van der Waals surface area contributed by atoms with Gasteiger partial charge in [0.2, 0.25) is 0 Å². The average molecular weight is 430 g/mol. The van der Waals surface area contributed by atoms with E-state index in [0.29, 0.717) is 11.6 Å². The van der Waals surface area contributed by atoms with E-state index in [-0.39, 0.29) is 23.2 Å². The Hall–Kier alpha value is -3.67. The zero-order valence-electron chi connectivity index (χ0n) is 18.1. The van der Waals surface area contributed by atoms with E-state index < -0.39 is 4.92 Å². The van der Waals surface area contributed by atoms with Gasteiger partial charge in [0.05, 0.1) is 11.0 Å². The van der Waals surface area contributed by atoms with E-state index in [2.05, 4.69) is 17.1 Å². The summed E-state index contributed by atoms with van der Waals surface area (Å²) in [5, 5.41) is 14.9. The maximum absolute atomic E-state index is 13.2. The Bertz CT molecular complexity index is 1040. The van der Waals surface area contributed by atoms with Gasteiger partial charge in [-0.3, -0.25) is 14.9 Å². The molecule has 6 heteroatoms. The number of nitro benzene ring substituents is 1. The molecule has 1 saturated heterocycles. The first-order valence-electron chi connectivity index (χ1n) is 11.0. The van der Waals surface area contributed by atoms with Gasteiger partial charge in [-0.15, -0.1) is 0 Å². The predicted molar refractivity (Wildman–Crippen MR) is 126 cm³/mol. The second kappa shape index (κ2) is 9.64. The van der Waals surface area contributed by atoms with Crippen LogP contribution in [0.2, 0.25) is 0 Å². The van der Waals surface area contributed by atoms with Crippen molar-refractivity contribution in [2.75, 3.05) is 18.0 Å². The number of benzene rings is 3. The summed E-state index contributed by atoms with van der Waals surface area (Å²) in [4.78, 5) is 26.6. The van der Waals surface area contributed by atoms with Crippen LogP contribution in [0.5, 0.6) is 0 Å². The molecule has 0 saturated carbocycles. The first-order valence-corrected chi connectivity index (χ1v) is 11.0. The molecule has 0 bridgehead atoms. The molecule has 3 aromatic carbocycles. The van der Waals surface area contributed by atoms with Crippen LogP contribution in [0.25, 0.3) is 0 Å². The number of carbonyl (C=O) groups excluding carboxylic acids is 1. The Morgan fingerprint density at radius 3 is 2.06 bits per heavy atom. The lowest BCUT2D eigenvalue weighted by molar-refractivity contribution is -0.384. The monoisotopic (exact) mass is 429 g/mol. The summed E-state index contributed by atoms with van der Waals surface area (Å²) in [6, 6.07) is 23.8. The Morgan fingerprint density at radius 2 is 1.53 bits per heavy atom. The molecule has 1 aliphatic rings. The smallest absolute Gasteiger partial charge is 0.293 e. The summed E-state index contributed by atoms with van der Waals surface area (Å²) in [7, 11) is 0. The molecule has 1 fully saturated rings. The number of carbonyl (C=O) groups is 1. The molecule has 0 aliphatic carbocycles. The molecule has 6 nitrogen and oxygen atoms in total. The van der Waals surface area contributed by atoms with Gasteiger partial charge in [0.15, 0.2) is 0 Å². The summed E-state index contributed by atoms with van der Waals surface area (Å²) in [5.41, 5.74) is 2.73. The van der Waals surface area contributed by atoms with Crippen molar-refractivity contribution in [1.29, 1.82) is 0 Å². The largest absolute Gasteiger partial charge is 0.366 e. The van der Waals surface area contributed by atoms with Crippen LogP contribution in [-0.4, -0.2) is 23.9 Å². The molecular formula is C26H27N3O3. The van der Waals surface area contributed by atoms with E-state index >= 15 is 0 Å². The molecule has 0 atom stereocenters. The van der Waals surface area contributed by atoms with Crippen LogP contribution in [0.4, 0.5) is 11.4 Å². The molecule has 3 aromatic rings. The van der Waals surface area contributed by atoms with Gasteiger partial charge in [-0.05, 0) is 42.0 Å². The van der Waals surface area contributed by atoms with E-state index in [0.717, 1.165) is 37.1 Å². The minimum atomic E-state index is -0.393. The van der Waals surface area contributed by atoms with Crippen molar-refractivity contribution in [2.45, 2.75) is 25.8 Å². The summed E-state index contributed by atoms with van der Waals surface area (Å²) < 4.78 is 0. The van der Waals surface area contributed by atoms with Crippen LogP contribution in [0.15, 0.2) is 78.9 Å². The van der Waals surface area contributed by atoms with Gasteiger partial charge in [-0.25, -0.2) is 0 Å². The number of hydrogen-bond acceptors (Lipinski definition) is 4. The van der Waals surface area contributed by atoms with Crippen molar-refractivity contribution in [1.82, 2.24) is 5.32 Å². The molecule has 1 N–H and O–H groups in total. The molecule has 0 spiro atoms. The highest BCUT2D eigenvalue weighted by Gasteiger charge is 2.26. The van der Waals surface area contributed by atoms with E-state index in [9.17, 15) is 14.9 Å². The Labute approximate surface area is 188 Å². The molecule has 164 valence electrons. The maximum Gasteiger partial charge on any atom is 0.293 e. The van der Waals surface area contributed by atoms with Gasteiger partial charge < -0.3 is 10.2 Å². The lowest BCUT2D eigenvalue weighted by atomic mass is 9.97. The summed E-state index contributed by atoms with van der Waals surface area (Å²) in [6.07, 6.45) is 2.02. The predicted octanol–water partition coefficient (Wildman–Crippen LogP) is 5.35. The van der Waals surface area contributed by atoms with Crippen molar-refractivity contribution in [3.05, 3.63) is 106 Å². The number of nitro groups is 1. The van der Waals surface area contributed by atoms with Gasteiger partial charge >= 0.3 is 0 Å². The van der Waals surface area contributed by atoms with Crippen molar-refractivity contribution in [3.63, 3.8) is 0 Å².